The third kappa shape index (κ3) is 4.43. The summed E-state index contributed by atoms with van der Waals surface area (Å²) in [7, 11) is 0. The molecule has 4 aromatic carbocycles. The van der Waals surface area contributed by atoms with E-state index in [1.54, 1.807) is 35.2 Å². The maximum Gasteiger partial charge on any atom is 0.322 e. The SMILES string of the molecule is O=C1NC(=O)[C@](CN2Cc3ccc(OCc4cc(-c5ccccc5)nc5ccccc45)cc3C2=O)(c2ccccc2)N1. The van der Waals surface area contributed by atoms with Gasteiger partial charge in [0, 0.05) is 28.6 Å². The third-order valence-corrected chi connectivity index (χ3v) is 7.86. The van der Waals surface area contributed by atoms with Crippen molar-refractivity contribution in [2.75, 3.05) is 6.54 Å². The Morgan fingerprint density at radius 1 is 0.833 bits per heavy atom. The number of rotatable bonds is 7. The first-order valence-electron chi connectivity index (χ1n) is 13.7. The average Bonchev–Trinajstić information content (AvgIpc) is 3.50. The van der Waals surface area contributed by atoms with Crippen molar-refractivity contribution in [3.63, 3.8) is 0 Å². The number of imide groups is 1. The van der Waals surface area contributed by atoms with Gasteiger partial charge in [0.25, 0.3) is 11.8 Å². The molecule has 1 fully saturated rings. The van der Waals surface area contributed by atoms with E-state index in [-0.39, 0.29) is 12.5 Å². The summed E-state index contributed by atoms with van der Waals surface area (Å²) in [5, 5.41) is 6.10. The van der Waals surface area contributed by atoms with Crippen LogP contribution in [0.1, 0.15) is 27.0 Å². The molecule has 0 aliphatic carbocycles. The first-order chi connectivity index (χ1) is 20.5. The maximum absolute atomic E-state index is 13.6. The molecule has 206 valence electrons. The molecule has 0 bridgehead atoms. The van der Waals surface area contributed by atoms with Gasteiger partial charge in [-0.25, -0.2) is 9.78 Å². The number of hydrogen-bond donors (Lipinski definition) is 2. The number of aromatic nitrogens is 1. The van der Waals surface area contributed by atoms with Crippen LogP contribution in [0, 0.1) is 0 Å². The second kappa shape index (κ2) is 10.2. The number of nitrogens with zero attached hydrogens (tertiary/aromatic N) is 2. The second-order valence-corrected chi connectivity index (χ2v) is 10.5. The molecule has 3 heterocycles. The van der Waals surface area contributed by atoms with E-state index in [0.717, 1.165) is 33.3 Å². The second-order valence-electron chi connectivity index (χ2n) is 10.5. The molecule has 42 heavy (non-hydrogen) atoms. The van der Waals surface area contributed by atoms with Crippen molar-refractivity contribution in [3.8, 4) is 17.0 Å². The summed E-state index contributed by atoms with van der Waals surface area (Å²) >= 11 is 0. The van der Waals surface area contributed by atoms with Crippen LogP contribution in [0.3, 0.4) is 0 Å². The van der Waals surface area contributed by atoms with Crippen molar-refractivity contribution in [3.05, 3.63) is 131 Å². The van der Waals surface area contributed by atoms with E-state index in [9.17, 15) is 14.4 Å². The van der Waals surface area contributed by atoms with Crippen molar-refractivity contribution in [2.24, 2.45) is 0 Å². The van der Waals surface area contributed by atoms with Crippen molar-refractivity contribution < 1.29 is 19.1 Å². The number of benzene rings is 4. The van der Waals surface area contributed by atoms with E-state index in [4.69, 9.17) is 9.72 Å². The highest BCUT2D eigenvalue weighted by Crippen LogP contribution is 2.33. The molecule has 1 aromatic heterocycles. The number of hydrogen-bond acceptors (Lipinski definition) is 5. The van der Waals surface area contributed by atoms with Crippen molar-refractivity contribution in [1.82, 2.24) is 20.5 Å². The highest BCUT2D eigenvalue weighted by molar-refractivity contribution is 6.08. The van der Waals surface area contributed by atoms with E-state index < -0.39 is 17.5 Å². The lowest BCUT2D eigenvalue weighted by Crippen LogP contribution is -2.52. The minimum atomic E-state index is -1.37. The quantitative estimate of drug-likeness (QED) is 0.270. The summed E-state index contributed by atoms with van der Waals surface area (Å²) in [6.45, 7) is 0.619. The number of ether oxygens (including phenoxy) is 1. The number of amides is 4. The molecule has 1 saturated heterocycles. The highest BCUT2D eigenvalue weighted by Gasteiger charge is 2.50. The number of carbonyl (C=O) groups is 3. The van der Waals surface area contributed by atoms with Gasteiger partial charge < -0.3 is 15.0 Å². The summed E-state index contributed by atoms with van der Waals surface area (Å²) in [5.74, 6) is -0.137. The molecule has 2 N–H and O–H groups in total. The van der Waals surface area contributed by atoms with Gasteiger partial charge in [-0.1, -0.05) is 84.9 Å². The van der Waals surface area contributed by atoms with Crippen molar-refractivity contribution in [1.29, 1.82) is 0 Å². The molecule has 0 unspecified atom stereocenters. The summed E-state index contributed by atoms with van der Waals surface area (Å²) < 4.78 is 6.23. The van der Waals surface area contributed by atoms with Gasteiger partial charge in [0.2, 0.25) is 0 Å². The number of pyridine rings is 1. The zero-order chi connectivity index (χ0) is 28.7. The minimum Gasteiger partial charge on any atom is -0.489 e. The predicted octanol–water partition coefficient (Wildman–Crippen LogP) is 5.17. The molecular formula is C34H26N4O4. The van der Waals surface area contributed by atoms with Gasteiger partial charge in [0.15, 0.2) is 5.54 Å². The van der Waals surface area contributed by atoms with Gasteiger partial charge >= 0.3 is 6.03 Å². The standard InChI is InChI=1S/C34H26N4O4/c39-31-28-18-26(42-20-24-17-30(22-9-3-1-4-10-22)35-29-14-8-7-13-27(24)29)16-15-23(28)19-38(31)21-34(25-11-5-2-6-12-25)32(40)36-33(41)37-34/h1-18H,19-21H2,(H2,36,37,40,41)/t34-/m0/s1. The summed E-state index contributed by atoms with van der Waals surface area (Å²) in [5.41, 5.74) is 4.35. The topological polar surface area (TPSA) is 101 Å². The number of para-hydroxylation sites is 1. The monoisotopic (exact) mass is 554 g/mol. The zero-order valence-electron chi connectivity index (χ0n) is 22.5. The van der Waals surface area contributed by atoms with Gasteiger partial charge in [-0.15, -0.1) is 0 Å². The minimum absolute atomic E-state index is 0.00353. The van der Waals surface area contributed by atoms with Gasteiger partial charge in [-0.3, -0.25) is 14.9 Å². The van der Waals surface area contributed by atoms with Crippen LogP contribution in [0.15, 0.2) is 109 Å². The molecular weight excluding hydrogens is 528 g/mol. The predicted molar refractivity (Wildman–Crippen MR) is 157 cm³/mol. The Morgan fingerprint density at radius 3 is 2.33 bits per heavy atom. The van der Waals surface area contributed by atoms with E-state index in [0.29, 0.717) is 30.0 Å². The van der Waals surface area contributed by atoms with Crippen LogP contribution in [0.2, 0.25) is 0 Å². The molecule has 2 aliphatic heterocycles. The van der Waals surface area contributed by atoms with Crippen LogP contribution in [0.4, 0.5) is 4.79 Å². The van der Waals surface area contributed by atoms with Crippen LogP contribution in [-0.4, -0.2) is 34.3 Å². The lowest BCUT2D eigenvalue weighted by molar-refractivity contribution is -0.124. The van der Waals surface area contributed by atoms with Crippen LogP contribution in [0.25, 0.3) is 22.2 Å². The largest absolute Gasteiger partial charge is 0.489 e. The van der Waals surface area contributed by atoms with Crippen LogP contribution >= 0.6 is 0 Å². The Bertz CT molecular complexity index is 1860. The smallest absolute Gasteiger partial charge is 0.322 e. The normalized spacial score (nSPS) is 17.7. The fourth-order valence-corrected chi connectivity index (χ4v) is 5.75. The lowest BCUT2D eigenvalue weighted by atomic mass is 9.89. The first-order valence-corrected chi connectivity index (χ1v) is 13.7. The van der Waals surface area contributed by atoms with Crippen molar-refractivity contribution in [2.45, 2.75) is 18.7 Å². The number of carbonyl (C=O) groups excluding carboxylic acids is 3. The molecule has 8 nitrogen and oxygen atoms in total. The zero-order valence-corrected chi connectivity index (χ0v) is 22.5. The highest BCUT2D eigenvalue weighted by atomic mass is 16.5. The molecule has 2 aliphatic rings. The van der Waals surface area contributed by atoms with Crippen LogP contribution in [0.5, 0.6) is 5.75 Å². The van der Waals surface area contributed by atoms with Gasteiger partial charge in [0.1, 0.15) is 12.4 Å². The summed E-state index contributed by atoms with van der Waals surface area (Å²) in [4.78, 5) is 45.2. The molecule has 5 aromatic rings. The third-order valence-electron chi connectivity index (χ3n) is 7.86. The summed E-state index contributed by atoms with van der Waals surface area (Å²) in [6.07, 6.45) is 0. The Balaban J connectivity index is 1.13. The molecule has 4 amide bonds. The van der Waals surface area contributed by atoms with Crippen molar-refractivity contribution >= 4 is 28.7 Å². The number of fused-ring (bicyclic) bond motifs is 2. The molecule has 0 spiro atoms. The van der Waals surface area contributed by atoms with E-state index in [1.807, 2.05) is 78.9 Å². The first kappa shape index (κ1) is 25.5. The van der Waals surface area contributed by atoms with Gasteiger partial charge in [0.05, 0.1) is 17.8 Å². The molecule has 8 heteroatoms. The lowest BCUT2D eigenvalue weighted by Gasteiger charge is -2.31. The molecule has 0 saturated carbocycles. The van der Waals surface area contributed by atoms with E-state index in [1.165, 1.54) is 0 Å². The van der Waals surface area contributed by atoms with E-state index in [2.05, 4.69) is 10.6 Å². The Kier molecular flexibility index (Phi) is 6.16. The molecule has 0 radical (unpaired) electrons. The average molecular weight is 555 g/mol. The van der Waals surface area contributed by atoms with Crippen LogP contribution < -0.4 is 15.4 Å². The van der Waals surface area contributed by atoms with E-state index >= 15 is 0 Å². The Hall–Kier alpha value is -5.50. The number of nitrogens with one attached hydrogen (secondary N) is 2. The fraction of sp³-hybridized carbons (Fsp3) is 0.118. The number of urea groups is 1. The fourth-order valence-electron chi connectivity index (χ4n) is 5.75. The van der Waals surface area contributed by atoms with Gasteiger partial charge in [-0.2, -0.15) is 0 Å². The Labute approximate surface area is 242 Å². The Morgan fingerprint density at radius 2 is 1.57 bits per heavy atom. The molecule has 7 rings (SSSR count). The van der Waals surface area contributed by atoms with Crippen LogP contribution in [-0.2, 0) is 23.5 Å². The molecule has 1 atom stereocenters. The maximum atomic E-state index is 13.6. The summed E-state index contributed by atoms with van der Waals surface area (Å²) in [6, 6.07) is 33.9. The van der Waals surface area contributed by atoms with Gasteiger partial charge in [-0.05, 0) is 35.4 Å².